The van der Waals surface area contributed by atoms with Gasteiger partial charge in [0.15, 0.2) is 6.29 Å². The molecule has 0 amide bonds. The number of alkyl halides is 3. The van der Waals surface area contributed by atoms with E-state index in [1.54, 1.807) is 0 Å². The minimum atomic E-state index is -4.65. The highest BCUT2D eigenvalue weighted by atomic mass is 35.5. The van der Waals surface area contributed by atoms with Crippen molar-refractivity contribution in [3.05, 3.63) is 76.8 Å². The maximum atomic E-state index is 13.7. The predicted molar refractivity (Wildman–Crippen MR) is 105 cm³/mol. The van der Waals surface area contributed by atoms with Crippen LogP contribution in [0, 0.1) is 0 Å². The normalized spacial score (nSPS) is 16.2. The molecule has 1 aliphatic heterocycles. The molecule has 0 radical (unpaired) electrons. The summed E-state index contributed by atoms with van der Waals surface area (Å²) in [4.78, 5) is 15.2. The van der Waals surface area contributed by atoms with Gasteiger partial charge in [-0.3, -0.25) is 4.79 Å². The summed E-state index contributed by atoms with van der Waals surface area (Å²) in [7, 11) is 0. The van der Waals surface area contributed by atoms with Crippen molar-refractivity contribution in [2.24, 2.45) is 5.10 Å². The fourth-order valence-corrected chi connectivity index (χ4v) is 3.29. The SMILES string of the molecule is O=CC1OC(c2ccc(-n3ccnc3)c(C(F)(F)F)c2)=NN1Cc1cc(Cl)ccc1O. The number of aromatic nitrogens is 2. The Labute approximate surface area is 178 Å². The Morgan fingerprint density at radius 2 is 2.03 bits per heavy atom. The van der Waals surface area contributed by atoms with Crippen molar-refractivity contribution < 1.29 is 27.8 Å². The molecular weight excluding hydrogens is 437 g/mol. The van der Waals surface area contributed by atoms with Crippen LogP contribution in [-0.4, -0.2) is 38.1 Å². The third-order valence-electron chi connectivity index (χ3n) is 4.57. The fraction of sp³-hybridized carbons (Fsp3) is 0.150. The molecule has 160 valence electrons. The summed E-state index contributed by atoms with van der Waals surface area (Å²) >= 11 is 5.94. The van der Waals surface area contributed by atoms with Gasteiger partial charge in [-0.25, -0.2) is 9.99 Å². The number of aldehydes is 1. The Bertz CT molecular complexity index is 1150. The molecule has 0 saturated carbocycles. The summed E-state index contributed by atoms with van der Waals surface area (Å²) in [5.74, 6) is -0.219. The van der Waals surface area contributed by atoms with E-state index in [0.717, 1.165) is 6.07 Å². The third kappa shape index (κ3) is 4.19. The van der Waals surface area contributed by atoms with Crippen LogP contribution in [0.2, 0.25) is 5.02 Å². The number of halogens is 4. The number of rotatable bonds is 5. The van der Waals surface area contributed by atoms with Crippen LogP contribution >= 0.6 is 11.6 Å². The van der Waals surface area contributed by atoms with Crippen molar-refractivity contribution in [3.8, 4) is 11.4 Å². The van der Waals surface area contributed by atoms with Crippen molar-refractivity contribution in [1.29, 1.82) is 0 Å². The van der Waals surface area contributed by atoms with E-state index in [9.17, 15) is 23.1 Å². The van der Waals surface area contributed by atoms with Crippen LogP contribution in [0.4, 0.5) is 13.2 Å². The van der Waals surface area contributed by atoms with Crippen LogP contribution < -0.4 is 0 Å². The molecule has 7 nitrogen and oxygen atoms in total. The zero-order valence-electron chi connectivity index (χ0n) is 15.6. The lowest BCUT2D eigenvalue weighted by Gasteiger charge is -2.18. The van der Waals surface area contributed by atoms with Gasteiger partial charge in [0.1, 0.15) is 5.75 Å². The molecule has 0 spiro atoms. The molecular formula is C20H14ClF3N4O3. The lowest BCUT2D eigenvalue weighted by Crippen LogP contribution is -2.29. The number of carbonyl (C=O) groups is 1. The highest BCUT2D eigenvalue weighted by Crippen LogP contribution is 2.35. The standard InChI is InChI=1S/C20H14ClF3N4O3/c21-14-2-4-17(30)13(7-14)9-28-18(10-29)31-19(26-28)12-1-3-16(27-6-5-25-11-27)15(8-12)20(22,23)24/h1-8,10-11,18,30H,9H2. The number of carbonyl (C=O) groups excluding carboxylic acids is 1. The van der Waals surface area contributed by atoms with Crippen LogP contribution in [0.1, 0.15) is 16.7 Å². The van der Waals surface area contributed by atoms with Gasteiger partial charge in [-0.2, -0.15) is 13.2 Å². The molecule has 1 aromatic heterocycles. The highest BCUT2D eigenvalue weighted by Gasteiger charge is 2.36. The van der Waals surface area contributed by atoms with E-state index in [2.05, 4.69) is 10.1 Å². The number of phenolic OH excluding ortho intramolecular Hbond substituents is 1. The van der Waals surface area contributed by atoms with Gasteiger partial charge in [-0.15, -0.1) is 5.10 Å². The van der Waals surface area contributed by atoms with Gasteiger partial charge < -0.3 is 14.4 Å². The highest BCUT2D eigenvalue weighted by molar-refractivity contribution is 6.30. The second-order valence-electron chi connectivity index (χ2n) is 6.62. The molecule has 2 heterocycles. The molecule has 2 aromatic carbocycles. The molecule has 4 rings (SSSR count). The number of aromatic hydroxyl groups is 1. The molecule has 1 aliphatic rings. The smallest absolute Gasteiger partial charge is 0.418 e. The molecule has 1 atom stereocenters. The zero-order valence-corrected chi connectivity index (χ0v) is 16.4. The molecule has 0 aliphatic carbocycles. The number of hydrogen-bond donors (Lipinski definition) is 1. The summed E-state index contributed by atoms with van der Waals surface area (Å²) in [5.41, 5.74) is -0.608. The topological polar surface area (TPSA) is 80.0 Å². The molecule has 11 heteroatoms. The number of benzene rings is 2. The van der Waals surface area contributed by atoms with E-state index in [4.69, 9.17) is 16.3 Å². The fourth-order valence-electron chi connectivity index (χ4n) is 3.10. The molecule has 3 aromatic rings. The van der Waals surface area contributed by atoms with Crippen molar-refractivity contribution in [3.63, 3.8) is 0 Å². The van der Waals surface area contributed by atoms with E-state index in [0.29, 0.717) is 16.9 Å². The van der Waals surface area contributed by atoms with Gasteiger partial charge in [0.2, 0.25) is 12.1 Å². The zero-order chi connectivity index (χ0) is 22.2. The number of imidazole rings is 1. The van der Waals surface area contributed by atoms with Crippen LogP contribution in [0.25, 0.3) is 5.69 Å². The lowest BCUT2D eigenvalue weighted by atomic mass is 10.1. The molecule has 0 fully saturated rings. The van der Waals surface area contributed by atoms with Crippen molar-refractivity contribution in [1.82, 2.24) is 14.6 Å². The van der Waals surface area contributed by atoms with E-state index in [1.165, 1.54) is 58.6 Å². The van der Waals surface area contributed by atoms with Crippen LogP contribution in [0.3, 0.4) is 0 Å². The predicted octanol–water partition coefficient (Wildman–Crippen LogP) is 3.97. The van der Waals surface area contributed by atoms with Crippen molar-refractivity contribution in [2.45, 2.75) is 18.9 Å². The largest absolute Gasteiger partial charge is 0.508 e. The van der Waals surface area contributed by atoms with E-state index in [1.807, 2.05) is 0 Å². The van der Waals surface area contributed by atoms with Gasteiger partial charge in [0.25, 0.3) is 0 Å². The maximum absolute atomic E-state index is 13.7. The summed E-state index contributed by atoms with van der Waals surface area (Å²) in [5, 5.41) is 15.7. The Hall–Kier alpha value is -3.53. The Morgan fingerprint density at radius 3 is 2.71 bits per heavy atom. The first kappa shape index (κ1) is 20.7. The van der Waals surface area contributed by atoms with Gasteiger partial charge >= 0.3 is 6.18 Å². The lowest BCUT2D eigenvalue weighted by molar-refractivity contribution is -0.137. The molecule has 1 unspecified atom stereocenters. The Balaban J connectivity index is 1.69. The third-order valence-corrected chi connectivity index (χ3v) is 4.80. The van der Waals surface area contributed by atoms with Gasteiger partial charge in [-0.1, -0.05) is 11.6 Å². The number of hydrazone groups is 1. The Kier molecular flexibility index (Phi) is 5.32. The van der Waals surface area contributed by atoms with Gasteiger partial charge in [-0.05, 0) is 36.4 Å². The number of nitrogens with zero attached hydrogens (tertiary/aromatic N) is 4. The summed E-state index contributed by atoms with van der Waals surface area (Å²) in [6.45, 7) is -0.0431. The van der Waals surface area contributed by atoms with E-state index < -0.39 is 18.0 Å². The Morgan fingerprint density at radius 1 is 1.23 bits per heavy atom. The van der Waals surface area contributed by atoms with Gasteiger partial charge in [0.05, 0.1) is 24.1 Å². The first-order valence-corrected chi connectivity index (χ1v) is 9.28. The van der Waals surface area contributed by atoms with Crippen LogP contribution in [0.15, 0.2) is 60.2 Å². The van der Waals surface area contributed by atoms with Crippen LogP contribution in [-0.2, 0) is 22.3 Å². The number of phenols is 1. The van der Waals surface area contributed by atoms with E-state index >= 15 is 0 Å². The average molecular weight is 451 g/mol. The average Bonchev–Trinajstić information content (AvgIpc) is 3.40. The second-order valence-corrected chi connectivity index (χ2v) is 7.06. The summed E-state index contributed by atoms with van der Waals surface area (Å²) < 4.78 is 47.7. The summed E-state index contributed by atoms with van der Waals surface area (Å²) in [6, 6.07) is 7.95. The maximum Gasteiger partial charge on any atom is 0.418 e. The van der Waals surface area contributed by atoms with Crippen molar-refractivity contribution in [2.75, 3.05) is 0 Å². The van der Waals surface area contributed by atoms with Crippen molar-refractivity contribution >= 4 is 23.8 Å². The molecule has 1 N–H and O–H groups in total. The first-order chi connectivity index (χ1) is 14.8. The van der Waals surface area contributed by atoms with E-state index in [-0.39, 0.29) is 29.4 Å². The quantitative estimate of drug-likeness (QED) is 0.595. The van der Waals surface area contributed by atoms with Gasteiger partial charge in [0, 0.05) is 28.5 Å². The number of ether oxygens (including phenoxy) is 1. The molecule has 0 saturated heterocycles. The summed E-state index contributed by atoms with van der Waals surface area (Å²) in [6.07, 6.45) is -1.33. The first-order valence-electron chi connectivity index (χ1n) is 8.91. The minimum Gasteiger partial charge on any atom is -0.508 e. The molecule has 31 heavy (non-hydrogen) atoms. The molecule has 0 bridgehead atoms. The minimum absolute atomic E-state index is 0.0425. The number of hydrogen-bond acceptors (Lipinski definition) is 6. The monoisotopic (exact) mass is 450 g/mol. The van der Waals surface area contributed by atoms with Crippen LogP contribution in [0.5, 0.6) is 5.75 Å². The second kappa shape index (κ2) is 7.95.